The van der Waals surface area contributed by atoms with Crippen LogP contribution in [0.2, 0.25) is 0 Å². The molecule has 31 heavy (non-hydrogen) atoms. The predicted octanol–water partition coefficient (Wildman–Crippen LogP) is -3.63. The highest BCUT2D eigenvalue weighted by molar-refractivity contribution is 7.64. The minimum atomic E-state index is -6.13. The van der Waals surface area contributed by atoms with Crippen molar-refractivity contribution in [3.8, 4) is 11.8 Å². The van der Waals surface area contributed by atoms with Gasteiger partial charge in [-0.05, 0) is 6.92 Å². The van der Waals surface area contributed by atoms with Crippen LogP contribution in [-0.2, 0) is 31.6 Å². The summed E-state index contributed by atoms with van der Waals surface area (Å²) < 4.78 is 49.7. The fourth-order valence-corrected chi connectivity index (χ4v) is 5.27. The zero-order chi connectivity index (χ0) is 23.6. The number of phosphoric ester groups is 1. The Morgan fingerprint density at radius 2 is 1.87 bits per heavy atom. The van der Waals surface area contributed by atoms with E-state index in [9.17, 15) is 48.0 Å². The first-order chi connectivity index (χ1) is 14.1. The largest absolute Gasteiger partial charge is 0.790 e. The molecule has 174 valence electrons. The van der Waals surface area contributed by atoms with Gasteiger partial charge in [-0.15, -0.1) is 5.92 Å². The summed E-state index contributed by atoms with van der Waals surface area (Å²) in [6.07, 6.45) is -3.22. The van der Waals surface area contributed by atoms with Crippen LogP contribution in [0.3, 0.4) is 0 Å². The third-order valence-electron chi connectivity index (χ3n) is 3.54. The second-order valence-electron chi connectivity index (χ2n) is 5.82. The summed E-state index contributed by atoms with van der Waals surface area (Å²) >= 11 is 0. The van der Waals surface area contributed by atoms with E-state index in [4.69, 9.17) is 4.74 Å². The number of phosphoric acid groups is 3. The van der Waals surface area contributed by atoms with Gasteiger partial charge in [-0.1, -0.05) is 5.92 Å². The van der Waals surface area contributed by atoms with Crippen LogP contribution in [0.25, 0.3) is 0 Å². The van der Waals surface area contributed by atoms with Crippen LogP contribution in [0.5, 0.6) is 0 Å². The molecule has 5 unspecified atom stereocenters. The molecule has 0 radical (unpaired) electrons. The average Bonchev–Trinajstić information content (AvgIpc) is 2.93. The van der Waals surface area contributed by atoms with Gasteiger partial charge in [0.15, 0.2) is 0 Å². The number of H-pyrrole nitrogens is 1. The van der Waals surface area contributed by atoms with Crippen molar-refractivity contribution in [2.24, 2.45) is 0 Å². The molecule has 1 aromatic heterocycles. The van der Waals surface area contributed by atoms with Crippen molar-refractivity contribution in [2.45, 2.75) is 31.8 Å². The molecule has 1 saturated heterocycles. The number of aromatic nitrogens is 2. The molecule has 0 aromatic carbocycles. The number of hydrogen-bond donors (Lipinski definition) is 2. The maximum atomic E-state index is 12.0. The first-order valence-electron chi connectivity index (χ1n) is 7.95. The molecule has 2 N–H and O–H groups in total. The van der Waals surface area contributed by atoms with Crippen molar-refractivity contribution in [1.82, 2.24) is 9.55 Å². The Labute approximate surface area is 172 Å². The van der Waals surface area contributed by atoms with Crippen LogP contribution in [0.4, 0.5) is 0 Å². The second-order valence-corrected chi connectivity index (χ2v) is 10.1. The predicted molar refractivity (Wildman–Crippen MR) is 89.4 cm³/mol. The van der Waals surface area contributed by atoms with Gasteiger partial charge in [0, 0.05) is 12.6 Å². The highest BCUT2D eigenvalue weighted by Crippen LogP contribution is 2.60. The molecule has 0 amide bonds. The van der Waals surface area contributed by atoms with Gasteiger partial charge in [-0.3, -0.25) is 27.8 Å². The van der Waals surface area contributed by atoms with Gasteiger partial charge in [0.25, 0.3) is 21.2 Å². The van der Waals surface area contributed by atoms with Crippen molar-refractivity contribution >= 4 is 23.5 Å². The quantitative estimate of drug-likeness (QED) is 0.257. The topological polar surface area (TPSA) is 255 Å². The molecule has 19 heteroatoms. The zero-order valence-corrected chi connectivity index (χ0v) is 18.0. The molecule has 2 rings (SSSR count). The zero-order valence-electron chi connectivity index (χ0n) is 15.3. The number of nitrogens with zero attached hydrogens (tertiary/aromatic N) is 1. The lowest BCUT2D eigenvalue weighted by atomic mass is 10.2. The second kappa shape index (κ2) is 9.60. The van der Waals surface area contributed by atoms with Gasteiger partial charge in [0.05, 0.1) is 20.5 Å². The van der Waals surface area contributed by atoms with E-state index in [1.165, 1.54) is 6.92 Å². The summed E-state index contributed by atoms with van der Waals surface area (Å²) in [6.45, 7) is 0.421. The fourth-order valence-electron chi connectivity index (χ4n) is 2.41. The van der Waals surface area contributed by atoms with Crippen LogP contribution in [0.1, 0.15) is 25.1 Å². The molecule has 0 spiro atoms. The van der Waals surface area contributed by atoms with Gasteiger partial charge < -0.3 is 38.5 Å². The van der Waals surface area contributed by atoms with Crippen molar-refractivity contribution in [2.75, 3.05) is 6.61 Å². The van der Waals surface area contributed by atoms with E-state index in [0.29, 0.717) is 0 Å². The summed E-state index contributed by atoms with van der Waals surface area (Å²) in [5, 5.41) is 10.0. The number of aliphatic hydroxyl groups excluding tert-OH is 1. The third kappa shape index (κ3) is 7.58. The average molecular weight is 502 g/mol. The highest BCUT2D eigenvalue weighted by Gasteiger charge is 2.37. The van der Waals surface area contributed by atoms with Gasteiger partial charge >= 0.3 is 5.69 Å². The standard InChI is InChI=1S/C12H17N2O14P3/c1-2-3-7-5-14(12(17)13-11(7)16)10-4-8(15)9(26-10)6-25-30(21,22)28-31(23,24)27-29(18,19)20/h5,8-10,15H,4,6H2,1H3,(H,21,22)(H,23,24)(H,13,16,17)(H2,18,19,20)/p-4. The molecule has 16 nitrogen and oxygen atoms in total. The molecule has 2 heterocycles. The van der Waals surface area contributed by atoms with Gasteiger partial charge in [0.1, 0.15) is 17.9 Å². The minimum Gasteiger partial charge on any atom is -0.790 e. The Kier molecular flexibility index (Phi) is 8.00. The van der Waals surface area contributed by atoms with Gasteiger partial charge in [0.2, 0.25) is 0 Å². The Morgan fingerprint density at radius 3 is 2.45 bits per heavy atom. The Bertz CT molecular complexity index is 1140. The van der Waals surface area contributed by atoms with Crippen LogP contribution in [-0.4, -0.2) is 33.5 Å². The van der Waals surface area contributed by atoms with E-state index in [1.807, 2.05) is 4.98 Å². The lowest BCUT2D eigenvalue weighted by Gasteiger charge is -2.37. The van der Waals surface area contributed by atoms with E-state index in [2.05, 4.69) is 25.0 Å². The molecule has 1 aliphatic rings. The monoisotopic (exact) mass is 502 g/mol. The number of ether oxygens (including phenoxy) is 1. The van der Waals surface area contributed by atoms with Crippen LogP contribution in [0.15, 0.2) is 15.8 Å². The molecule has 1 fully saturated rings. The van der Waals surface area contributed by atoms with E-state index in [1.54, 1.807) is 0 Å². The summed E-state index contributed by atoms with van der Waals surface area (Å²) in [5.41, 5.74) is -1.76. The number of nitrogens with one attached hydrogen (secondary N) is 1. The van der Waals surface area contributed by atoms with Crippen molar-refractivity contribution < 1.29 is 56.3 Å². The van der Waals surface area contributed by atoms with E-state index in [0.717, 1.165) is 10.8 Å². The lowest BCUT2D eigenvalue weighted by Crippen LogP contribution is -2.33. The molecular formula is C12H13N2O14P3-4. The molecule has 1 aliphatic heterocycles. The number of hydrogen-bond acceptors (Lipinski definition) is 14. The first kappa shape index (κ1) is 25.8. The summed E-state index contributed by atoms with van der Waals surface area (Å²) in [6, 6.07) is 0. The van der Waals surface area contributed by atoms with E-state index < -0.39 is 59.8 Å². The maximum Gasteiger partial charge on any atom is 0.330 e. The maximum absolute atomic E-state index is 12.0. The molecule has 5 atom stereocenters. The molecule has 0 saturated carbocycles. The Morgan fingerprint density at radius 1 is 1.23 bits per heavy atom. The molecule has 1 aromatic rings. The summed E-state index contributed by atoms with van der Waals surface area (Å²) in [4.78, 5) is 68.8. The van der Waals surface area contributed by atoms with E-state index in [-0.39, 0.29) is 12.0 Å². The van der Waals surface area contributed by atoms with Gasteiger partial charge in [-0.25, -0.2) is 9.11 Å². The van der Waals surface area contributed by atoms with Crippen molar-refractivity contribution in [1.29, 1.82) is 0 Å². The normalized spacial score (nSPS) is 25.3. The number of rotatable bonds is 8. The molecule has 0 bridgehead atoms. The minimum absolute atomic E-state index is 0.0856. The van der Waals surface area contributed by atoms with Gasteiger partial charge in [-0.2, -0.15) is 0 Å². The van der Waals surface area contributed by atoms with Crippen molar-refractivity contribution in [3.05, 3.63) is 32.6 Å². The smallest absolute Gasteiger partial charge is 0.330 e. The molecule has 0 aliphatic carbocycles. The Hall–Kier alpha value is -1.43. The lowest BCUT2D eigenvalue weighted by molar-refractivity contribution is -0.339. The Balaban J connectivity index is 2.08. The SMILES string of the molecule is CC#Cc1cn(C2CC(O)C(COP(=O)([O-])OP(=O)([O-])OP(=O)([O-])[O-])O2)c(=O)[nH]c1=O. The van der Waals surface area contributed by atoms with Crippen LogP contribution in [0, 0.1) is 11.8 Å². The van der Waals surface area contributed by atoms with Crippen LogP contribution < -0.4 is 30.8 Å². The number of aromatic amines is 1. The van der Waals surface area contributed by atoms with E-state index >= 15 is 0 Å². The summed E-state index contributed by atoms with van der Waals surface area (Å²) in [7, 11) is -18.0. The summed E-state index contributed by atoms with van der Waals surface area (Å²) in [5.74, 6) is 4.91. The molecular weight excluding hydrogens is 489 g/mol. The first-order valence-corrected chi connectivity index (χ1v) is 12.3. The fraction of sp³-hybridized carbons (Fsp3) is 0.500. The number of aliphatic hydroxyl groups is 1. The third-order valence-corrected chi connectivity index (χ3v) is 7.20. The van der Waals surface area contributed by atoms with Crippen molar-refractivity contribution in [3.63, 3.8) is 0 Å². The highest BCUT2D eigenvalue weighted by atomic mass is 31.3. The van der Waals surface area contributed by atoms with Crippen LogP contribution >= 0.6 is 23.5 Å².